The molecular formula is C16H16FNO3S. The van der Waals surface area contributed by atoms with E-state index in [9.17, 15) is 12.8 Å². The summed E-state index contributed by atoms with van der Waals surface area (Å²) in [4.78, 5) is 0. The van der Waals surface area contributed by atoms with Gasteiger partial charge in [0.15, 0.2) is 17.3 Å². The van der Waals surface area contributed by atoms with E-state index in [-0.39, 0.29) is 5.75 Å². The van der Waals surface area contributed by atoms with Crippen LogP contribution in [-0.2, 0) is 22.9 Å². The second-order valence-electron chi connectivity index (χ2n) is 5.38. The molecule has 0 atom stereocenters. The van der Waals surface area contributed by atoms with Gasteiger partial charge in [-0.25, -0.2) is 12.8 Å². The zero-order valence-electron chi connectivity index (χ0n) is 12.1. The molecule has 2 aromatic rings. The van der Waals surface area contributed by atoms with Crippen molar-refractivity contribution in [3.63, 3.8) is 0 Å². The molecule has 1 aliphatic carbocycles. The first-order valence-corrected chi connectivity index (χ1v) is 8.87. The van der Waals surface area contributed by atoms with Crippen LogP contribution >= 0.6 is 0 Å². The Kier molecular flexibility index (Phi) is 3.78. The highest BCUT2D eigenvalue weighted by Gasteiger charge is 2.18. The number of hydrogen-bond acceptors (Lipinski definition) is 3. The predicted molar refractivity (Wildman–Crippen MR) is 83.4 cm³/mol. The average Bonchev–Trinajstić information content (AvgIpc) is 2.87. The van der Waals surface area contributed by atoms with Gasteiger partial charge in [-0.15, -0.1) is 0 Å². The van der Waals surface area contributed by atoms with E-state index in [2.05, 4.69) is 4.72 Å². The molecule has 0 bridgehead atoms. The van der Waals surface area contributed by atoms with Gasteiger partial charge in [-0.2, -0.15) is 0 Å². The molecule has 0 saturated carbocycles. The monoisotopic (exact) mass is 321 g/mol. The minimum atomic E-state index is -3.44. The molecule has 1 N–H and O–H groups in total. The third-order valence-corrected chi connectivity index (χ3v) is 4.14. The molecule has 0 spiro atoms. The summed E-state index contributed by atoms with van der Waals surface area (Å²) >= 11 is 0. The minimum Gasteiger partial charge on any atom is -0.452 e. The largest absolute Gasteiger partial charge is 0.452 e. The van der Waals surface area contributed by atoms with E-state index in [1.165, 1.54) is 12.1 Å². The molecule has 0 heterocycles. The maximum absolute atomic E-state index is 13.8. The molecule has 0 amide bonds. The Morgan fingerprint density at radius 3 is 2.45 bits per heavy atom. The molecule has 22 heavy (non-hydrogen) atoms. The van der Waals surface area contributed by atoms with Crippen molar-refractivity contribution in [2.24, 2.45) is 0 Å². The van der Waals surface area contributed by atoms with Crippen molar-refractivity contribution in [2.75, 3.05) is 11.0 Å². The first-order chi connectivity index (χ1) is 10.4. The van der Waals surface area contributed by atoms with Gasteiger partial charge in [-0.05, 0) is 54.7 Å². The molecule has 0 aromatic heterocycles. The van der Waals surface area contributed by atoms with E-state index in [4.69, 9.17) is 4.74 Å². The fraction of sp³-hybridized carbons (Fsp3) is 0.250. The van der Waals surface area contributed by atoms with Crippen LogP contribution in [-0.4, -0.2) is 14.7 Å². The van der Waals surface area contributed by atoms with Crippen molar-refractivity contribution < 1.29 is 17.5 Å². The summed E-state index contributed by atoms with van der Waals surface area (Å²) in [6.07, 6.45) is 3.93. The van der Waals surface area contributed by atoms with Gasteiger partial charge in [0.05, 0.1) is 11.9 Å². The van der Waals surface area contributed by atoms with Gasteiger partial charge in [0.2, 0.25) is 10.0 Å². The Morgan fingerprint density at radius 2 is 1.77 bits per heavy atom. The number of rotatable bonds is 4. The van der Waals surface area contributed by atoms with Crippen LogP contribution in [0.4, 0.5) is 10.1 Å². The lowest BCUT2D eigenvalue weighted by molar-refractivity contribution is 0.443. The van der Waals surface area contributed by atoms with Crippen molar-refractivity contribution in [1.29, 1.82) is 0 Å². The Balaban J connectivity index is 2.03. The van der Waals surface area contributed by atoms with Gasteiger partial charge in [0.1, 0.15) is 0 Å². The molecule has 2 aromatic carbocycles. The van der Waals surface area contributed by atoms with E-state index in [0.717, 1.165) is 36.6 Å². The number of halogens is 1. The smallest absolute Gasteiger partial charge is 0.229 e. The number of fused-ring (bicyclic) bond motifs is 1. The predicted octanol–water partition coefficient (Wildman–Crippen LogP) is 3.48. The second-order valence-corrected chi connectivity index (χ2v) is 7.13. The number of benzene rings is 2. The van der Waals surface area contributed by atoms with Crippen molar-refractivity contribution in [3.8, 4) is 11.5 Å². The van der Waals surface area contributed by atoms with Crippen LogP contribution in [0.2, 0.25) is 0 Å². The average molecular weight is 321 g/mol. The van der Waals surface area contributed by atoms with Gasteiger partial charge >= 0.3 is 0 Å². The van der Waals surface area contributed by atoms with Crippen molar-refractivity contribution in [3.05, 3.63) is 53.3 Å². The topological polar surface area (TPSA) is 55.4 Å². The maximum atomic E-state index is 13.8. The Bertz CT molecular complexity index is 818. The van der Waals surface area contributed by atoms with Crippen LogP contribution in [0.15, 0.2) is 36.4 Å². The maximum Gasteiger partial charge on any atom is 0.229 e. The fourth-order valence-electron chi connectivity index (χ4n) is 2.61. The van der Waals surface area contributed by atoms with Crippen LogP contribution in [0.3, 0.4) is 0 Å². The van der Waals surface area contributed by atoms with E-state index in [1.54, 1.807) is 24.3 Å². The molecule has 0 unspecified atom stereocenters. The lowest BCUT2D eigenvalue weighted by atomic mass is 10.1. The first-order valence-electron chi connectivity index (χ1n) is 6.98. The molecule has 116 valence electrons. The number of para-hydroxylation sites is 1. The van der Waals surface area contributed by atoms with Gasteiger partial charge in [0, 0.05) is 0 Å². The Hall–Kier alpha value is -2.08. The first kappa shape index (κ1) is 14.8. The number of ether oxygens (including phenoxy) is 1. The number of anilines is 1. The minimum absolute atomic E-state index is 0.0667. The zero-order chi connectivity index (χ0) is 15.7. The molecule has 0 aliphatic heterocycles. The van der Waals surface area contributed by atoms with Crippen LogP contribution in [0, 0.1) is 5.82 Å². The van der Waals surface area contributed by atoms with Crippen molar-refractivity contribution in [2.45, 2.75) is 19.3 Å². The van der Waals surface area contributed by atoms with Gasteiger partial charge in [0.25, 0.3) is 0 Å². The molecule has 4 nitrogen and oxygen atoms in total. The van der Waals surface area contributed by atoms with Gasteiger partial charge in [-0.3, -0.25) is 4.72 Å². The summed E-state index contributed by atoms with van der Waals surface area (Å²) < 4.78 is 44.9. The van der Waals surface area contributed by atoms with Crippen molar-refractivity contribution in [1.82, 2.24) is 0 Å². The van der Waals surface area contributed by atoms with Crippen LogP contribution in [0.5, 0.6) is 11.5 Å². The third kappa shape index (κ3) is 3.22. The number of nitrogens with one attached hydrogen (secondary N) is 1. The molecule has 0 fully saturated rings. The highest BCUT2D eigenvalue weighted by Crippen LogP contribution is 2.37. The highest BCUT2D eigenvalue weighted by atomic mass is 32.2. The van der Waals surface area contributed by atoms with Crippen LogP contribution < -0.4 is 9.46 Å². The van der Waals surface area contributed by atoms with E-state index in [1.807, 2.05) is 0 Å². The molecule has 0 saturated heterocycles. The Labute approximate surface area is 129 Å². The molecule has 3 rings (SSSR count). The Morgan fingerprint density at radius 1 is 1.09 bits per heavy atom. The third-order valence-electron chi connectivity index (χ3n) is 3.55. The quantitative estimate of drug-likeness (QED) is 0.938. The number of sulfonamides is 1. The zero-order valence-corrected chi connectivity index (χ0v) is 12.9. The summed E-state index contributed by atoms with van der Waals surface area (Å²) in [6.45, 7) is 0. The summed E-state index contributed by atoms with van der Waals surface area (Å²) in [6, 6.07) is 9.61. The fourth-order valence-corrected chi connectivity index (χ4v) is 3.17. The second kappa shape index (κ2) is 5.61. The summed E-state index contributed by atoms with van der Waals surface area (Å²) in [5, 5.41) is 0. The summed E-state index contributed by atoms with van der Waals surface area (Å²) in [5.41, 5.74) is 2.56. The van der Waals surface area contributed by atoms with Crippen LogP contribution in [0.1, 0.15) is 17.5 Å². The lowest BCUT2D eigenvalue weighted by Gasteiger charge is -2.14. The lowest BCUT2D eigenvalue weighted by Crippen LogP contribution is -2.11. The summed E-state index contributed by atoms with van der Waals surface area (Å²) in [7, 11) is -3.44. The van der Waals surface area contributed by atoms with E-state index in [0.29, 0.717) is 11.4 Å². The van der Waals surface area contributed by atoms with E-state index >= 15 is 0 Å². The van der Waals surface area contributed by atoms with Crippen molar-refractivity contribution >= 4 is 15.7 Å². The van der Waals surface area contributed by atoms with Crippen LogP contribution in [0.25, 0.3) is 0 Å². The van der Waals surface area contributed by atoms with E-state index < -0.39 is 15.8 Å². The molecule has 0 radical (unpaired) electrons. The highest BCUT2D eigenvalue weighted by molar-refractivity contribution is 7.92. The number of hydrogen-bond donors (Lipinski definition) is 1. The molecule has 1 aliphatic rings. The van der Waals surface area contributed by atoms with Gasteiger partial charge < -0.3 is 4.74 Å². The normalized spacial score (nSPS) is 13.7. The summed E-state index contributed by atoms with van der Waals surface area (Å²) in [5.74, 6) is -0.110. The molecule has 6 heteroatoms. The molecular weight excluding hydrogens is 305 g/mol. The number of aryl methyl sites for hydroxylation is 2. The van der Waals surface area contributed by atoms with Gasteiger partial charge in [-0.1, -0.05) is 12.1 Å². The SMILES string of the molecule is CS(=O)(=O)Nc1cc2c(cc1Oc1ccccc1F)CCC2. The standard InChI is InChI=1S/C16H16FNO3S/c1-22(19,20)18-14-9-11-5-4-6-12(11)10-16(14)21-15-8-3-2-7-13(15)17/h2-3,7-10,18H,4-6H2,1H3.